The summed E-state index contributed by atoms with van der Waals surface area (Å²) < 4.78 is 5.49. The Morgan fingerprint density at radius 2 is 1.79 bits per heavy atom. The van der Waals surface area contributed by atoms with Crippen molar-refractivity contribution in [1.29, 1.82) is 0 Å². The number of benzene rings is 1. The normalized spacial score (nSPS) is 10.7. The van der Waals surface area contributed by atoms with Gasteiger partial charge in [-0.25, -0.2) is 0 Å². The van der Waals surface area contributed by atoms with Gasteiger partial charge < -0.3 is 10.5 Å². The van der Waals surface area contributed by atoms with Crippen LogP contribution in [-0.4, -0.2) is 6.10 Å². The maximum absolute atomic E-state index is 6.02. The van der Waals surface area contributed by atoms with Crippen molar-refractivity contribution in [3.8, 4) is 5.75 Å². The fourth-order valence-electron chi connectivity index (χ4n) is 1.11. The van der Waals surface area contributed by atoms with E-state index in [-0.39, 0.29) is 6.10 Å². The molecule has 0 bridgehead atoms. The van der Waals surface area contributed by atoms with Crippen LogP contribution in [0.2, 0.25) is 10.0 Å². The van der Waals surface area contributed by atoms with Gasteiger partial charge in [-0.15, -0.1) is 0 Å². The summed E-state index contributed by atoms with van der Waals surface area (Å²) in [5.74, 6) is 0.556. The molecular formula is C10H14Cl2NO+. The first kappa shape index (κ1) is 11.6. The molecule has 0 amide bonds. The van der Waals surface area contributed by atoms with Crippen molar-refractivity contribution in [2.24, 2.45) is 0 Å². The van der Waals surface area contributed by atoms with Crippen molar-refractivity contribution in [3.63, 3.8) is 0 Å². The largest absolute Gasteiger partial charge is 0.488 e. The average Bonchev–Trinajstić information content (AvgIpc) is 2.10. The first-order valence-corrected chi connectivity index (χ1v) is 5.24. The van der Waals surface area contributed by atoms with Crippen LogP contribution in [0.1, 0.15) is 19.4 Å². The molecule has 78 valence electrons. The van der Waals surface area contributed by atoms with Gasteiger partial charge in [-0.2, -0.15) is 0 Å². The van der Waals surface area contributed by atoms with E-state index in [2.05, 4.69) is 5.73 Å². The van der Waals surface area contributed by atoms with E-state index in [1.165, 1.54) is 0 Å². The topological polar surface area (TPSA) is 36.9 Å². The summed E-state index contributed by atoms with van der Waals surface area (Å²) in [6.45, 7) is 4.53. The molecule has 0 aromatic heterocycles. The fraction of sp³-hybridized carbons (Fsp3) is 0.400. The van der Waals surface area contributed by atoms with Crippen molar-refractivity contribution in [1.82, 2.24) is 0 Å². The van der Waals surface area contributed by atoms with E-state index in [1.807, 2.05) is 26.0 Å². The molecule has 1 rings (SSSR count). The minimum Gasteiger partial charge on any atom is -0.488 e. The van der Waals surface area contributed by atoms with Crippen LogP contribution in [0.5, 0.6) is 5.75 Å². The lowest BCUT2D eigenvalue weighted by molar-refractivity contribution is -0.386. The maximum atomic E-state index is 6.02. The lowest BCUT2D eigenvalue weighted by atomic mass is 10.2. The number of hydrogen-bond donors (Lipinski definition) is 1. The Bertz CT molecular complexity index is 303. The Hall–Kier alpha value is -0.440. The summed E-state index contributed by atoms with van der Waals surface area (Å²) >= 11 is 12.0. The van der Waals surface area contributed by atoms with E-state index < -0.39 is 0 Å². The second-order valence-electron chi connectivity index (χ2n) is 3.31. The maximum Gasteiger partial charge on any atom is 0.156 e. The van der Waals surface area contributed by atoms with E-state index in [1.54, 1.807) is 0 Å². The Kier molecular flexibility index (Phi) is 4.05. The Balaban J connectivity index is 3.05. The van der Waals surface area contributed by atoms with Gasteiger partial charge in [0.1, 0.15) is 0 Å². The lowest BCUT2D eigenvalue weighted by Crippen LogP contribution is -2.47. The van der Waals surface area contributed by atoms with E-state index in [0.29, 0.717) is 22.3 Å². The molecule has 4 heteroatoms. The predicted molar refractivity (Wildman–Crippen MR) is 58.8 cm³/mol. The molecule has 0 atom stereocenters. The summed E-state index contributed by atoms with van der Waals surface area (Å²) in [7, 11) is 0. The number of rotatable bonds is 3. The molecule has 3 N–H and O–H groups in total. The summed E-state index contributed by atoms with van der Waals surface area (Å²) in [5.41, 5.74) is 4.78. The zero-order valence-corrected chi connectivity index (χ0v) is 9.82. The van der Waals surface area contributed by atoms with Gasteiger partial charge in [0.15, 0.2) is 5.75 Å². The summed E-state index contributed by atoms with van der Waals surface area (Å²) in [6.07, 6.45) is 0.0654. The van der Waals surface area contributed by atoms with Crippen LogP contribution in [0.15, 0.2) is 12.1 Å². The molecule has 0 radical (unpaired) electrons. The second-order valence-corrected chi connectivity index (χ2v) is 4.12. The zero-order valence-electron chi connectivity index (χ0n) is 8.31. The molecule has 0 fully saturated rings. The first-order valence-electron chi connectivity index (χ1n) is 4.48. The molecule has 0 heterocycles. The van der Waals surface area contributed by atoms with Crippen LogP contribution >= 0.6 is 23.2 Å². The predicted octanol–water partition coefficient (Wildman–Crippen LogP) is 2.52. The molecule has 0 aliphatic rings. The smallest absolute Gasteiger partial charge is 0.156 e. The highest BCUT2D eigenvalue weighted by Gasteiger charge is 2.10. The van der Waals surface area contributed by atoms with Gasteiger partial charge in [0.25, 0.3) is 0 Å². The number of quaternary nitrogens is 1. The average molecular weight is 235 g/mol. The molecule has 0 aliphatic carbocycles. The third-order valence-electron chi connectivity index (χ3n) is 1.70. The minimum absolute atomic E-state index is 0.0654. The number of halogens is 2. The van der Waals surface area contributed by atoms with Gasteiger partial charge in [0.2, 0.25) is 0 Å². The highest BCUT2D eigenvalue weighted by Crippen LogP contribution is 2.34. The van der Waals surface area contributed by atoms with Crippen molar-refractivity contribution >= 4 is 23.2 Å². The van der Waals surface area contributed by atoms with Crippen LogP contribution in [0.4, 0.5) is 0 Å². The molecular weight excluding hydrogens is 221 g/mol. The Labute approximate surface area is 94.0 Å². The SMILES string of the molecule is CC(C)Oc1c(Cl)cc(C[NH3+])cc1Cl. The van der Waals surface area contributed by atoms with E-state index >= 15 is 0 Å². The second kappa shape index (κ2) is 4.87. The summed E-state index contributed by atoms with van der Waals surface area (Å²) in [6, 6.07) is 3.66. The quantitative estimate of drug-likeness (QED) is 0.858. The molecule has 0 saturated heterocycles. The van der Waals surface area contributed by atoms with E-state index in [0.717, 1.165) is 5.56 Å². The van der Waals surface area contributed by atoms with Gasteiger partial charge in [0.05, 0.1) is 22.7 Å². The third kappa shape index (κ3) is 2.77. The van der Waals surface area contributed by atoms with E-state index in [4.69, 9.17) is 27.9 Å². The minimum atomic E-state index is 0.0654. The van der Waals surface area contributed by atoms with Crippen LogP contribution < -0.4 is 10.5 Å². The monoisotopic (exact) mass is 234 g/mol. The molecule has 0 saturated carbocycles. The Morgan fingerprint density at radius 3 is 2.14 bits per heavy atom. The van der Waals surface area contributed by atoms with Gasteiger partial charge in [0, 0.05) is 5.56 Å². The summed E-state index contributed by atoms with van der Waals surface area (Å²) in [4.78, 5) is 0. The van der Waals surface area contributed by atoms with Crippen LogP contribution in [-0.2, 0) is 6.54 Å². The lowest BCUT2D eigenvalue weighted by Gasteiger charge is -2.13. The van der Waals surface area contributed by atoms with Crippen molar-refractivity contribution in [2.45, 2.75) is 26.5 Å². The summed E-state index contributed by atoms with van der Waals surface area (Å²) in [5, 5.41) is 1.09. The zero-order chi connectivity index (χ0) is 10.7. The van der Waals surface area contributed by atoms with Crippen LogP contribution in [0.25, 0.3) is 0 Å². The fourth-order valence-corrected chi connectivity index (χ4v) is 1.73. The highest BCUT2D eigenvalue weighted by atomic mass is 35.5. The first-order chi connectivity index (χ1) is 6.54. The molecule has 1 aromatic rings. The molecule has 0 unspecified atom stereocenters. The van der Waals surface area contributed by atoms with Crippen molar-refractivity contribution in [3.05, 3.63) is 27.7 Å². The molecule has 14 heavy (non-hydrogen) atoms. The van der Waals surface area contributed by atoms with Gasteiger partial charge in [-0.3, -0.25) is 0 Å². The van der Waals surface area contributed by atoms with Gasteiger partial charge >= 0.3 is 0 Å². The van der Waals surface area contributed by atoms with Crippen molar-refractivity contribution in [2.75, 3.05) is 0 Å². The van der Waals surface area contributed by atoms with Crippen LogP contribution in [0, 0.1) is 0 Å². The number of hydrogen-bond acceptors (Lipinski definition) is 1. The van der Waals surface area contributed by atoms with Crippen LogP contribution in [0.3, 0.4) is 0 Å². The Morgan fingerprint density at radius 1 is 1.29 bits per heavy atom. The number of ether oxygens (including phenoxy) is 1. The van der Waals surface area contributed by atoms with Gasteiger partial charge in [-0.1, -0.05) is 23.2 Å². The van der Waals surface area contributed by atoms with Crippen molar-refractivity contribution < 1.29 is 10.5 Å². The highest BCUT2D eigenvalue weighted by molar-refractivity contribution is 6.37. The molecule has 1 aromatic carbocycles. The molecule has 0 aliphatic heterocycles. The third-order valence-corrected chi connectivity index (χ3v) is 2.26. The van der Waals surface area contributed by atoms with Gasteiger partial charge in [-0.05, 0) is 26.0 Å². The molecule has 0 spiro atoms. The standard InChI is InChI=1S/C10H13Cl2NO/c1-6(2)14-10-8(11)3-7(5-13)4-9(10)12/h3-4,6H,5,13H2,1-2H3/p+1. The van der Waals surface area contributed by atoms with E-state index in [9.17, 15) is 0 Å². The molecule has 2 nitrogen and oxygen atoms in total.